The van der Waals surface area contributed by atoms with E-state index < -0.39 is 23.5 Å². The average molecular weight is 478 g/mol. The molecule has 1 heterocycles. The van der Waals surface area contributed by atoms with E-state index >= 15 is 4.39 Å². The van der Waals surface area contributed by atoms with E-state index in [9.17, 15) is 14.4 Å². The molecule has 2 aliphatic rings. The second kappa shape index (κ2) is 9.80. The number of nitrogens with one attached hydrogen (secondary N) is 1. The van der Waals surface area contributed by atoms with Crippen LogP contribution in [0.4, 0.5) is 20.6 Å². The topological polar surface area (TPSA) is 88.2 Å². The van der Waals surface area contributed by atoms with Gasteiger partial charge in [-0.25, -0.2) is 14.0 Å². The Balaban J connectivity index is 1.89. The van der Waals surface area contributed by atoms with Gasteiger partial charge in [-0.1, -0.05) is 0 Å². The molecule has 2 fully saturated rings. The van der Waals surface area contributed by atoms with Gasteiger partial charge in [-0.15, -0.1) is 0 Å². The van der Waals surface area contributed by atoms with Crippen molar-refractivity contribution in [1.29, 1.82) is 0 Å². The Labute approximate surface area is 200 Å². The van der Waals surface area contributed by atoms with Gasteiger partial charge in [-0.3, -0.25) is 4.79 Å². The quantitative estimate of drug-likeness (QED) is 0.619. The zero-order valence-corrected chi connectivity index (χ0v) is 21.2. The van der Waals surface area contributed by atoms with Gasteiger partial charge in [0.1, 0.15) is 11.4 Å². The van der Waals surface area contributed by atoms with Crippen molar-refractivity contribution >= 4 is 29.3 Å². The van der Waals surface area contributed by atoms with Crippen LogP contribution in [-0.4, -0.2) is 55.9 Å². The molecule has 1 aliphatic heterocycles. The second-order valence-electron chi connectivity index (χ2n) is 10.3. The van der Waals surface area contributed by atoms with Gasteiger partial charge in [0.25, 0.3) is 0 Å². The molecule has 0 aromatic heterocycles. The zero-order valence-electron chi connectivity index (χ0n) is 21.2. The van der Waals surface area contributed by atoms with E-state index in [0.717, 1.165) is 19.3 Å². The Morgan fingerprint density at radius 1 is 1.24 bits per heavy atom. The molecule has 188 valence electrons. The van der Waals surface area contributed by atoms with Crippen LogP contribution in [0.25, 0.3) is 0 Å². The molecule has 1 aliphatic carbocycles. The molecule has 8 nitrogen and oxygen atoms in total. The van der Waals surface area contributed by atoms with Gasteiger partial charge < -0.3 is 24.6 Å². The van der Waals surface area contributed by atoms with Crippen molar-refractivity contribution in [3.63, 3.8) is 0 Å². The highest BCUT2D eigenvalue weighted by Crippen LogP contribution is 2.42. The maximum absolute atomic E-state index is 15.4. The van der Waals surface area contributed by atoms with Crippen molar-refractivity contribution in [2.75, 3.05) is 30.0 Å². The predicted octanol–water partition coefficient (Wildman–Crippen LogP) is 4.18. The molecule has 9 heteroatoms. The molecule has 1 aromatic carbocycles. The molecule has 0 spiro atoms. The first-order valence-electron chi connectivity index (χ1n) is 11.8. The van der Waals surface area contributed by atoms with Crippen LogP contribution in [0, 0.1) is 18.7 Å². The highest BCUT2D eigenvalue weighted by Gasteiger charge is 2.38. The summed E-state index contributed by atoms with van der Waals surface area (Å²) >= 11 is 0. The number of carbonyl (C=O) groups excluding carboxylic acids is 3. The fraction of sp³-hybridized carbons (Fsp3) is 0.640. The minimum Gasteiger partial charge on any atom is -0.465 e. The number of hydrogen-bond acceptors (Lipinski definition) is 6. The van der Waals surface area contributed by atoms with Crippen molar-refractivity contribution in [3.05, 3.63) is 23.0 Å². The smallest absolute Gasteiger partial charge is 0.407 e. The Hall–Kier alpha value is -2.84. The number of nitrogens with zero attached hydrogens (tertiary/aromatic N) is 2. The number of carbonyl (C=O) groups is 3. The van der Waals surface area contributed by atoms with Crippen molar-refractivity contribution in [2.45, 2.75) is 78.5 Å². The van der Waals surface area contributed by atoms with Gasteiger partial charge in [0.15, 0.2) is 0 Å². The van der Waals surface area contributed by atoms with E-state index in [1.54, 1.807) is 11.8 Å². The normalized spacial score (nSPS) is 18.9. The van der Waals surface area contributed by atoms with Gasteiger partial charge >= 0.3 is 12.1 Å². The Morgan fingerprint density at radius 2 is 1.88 bits per heavy atom. The molecule has 1 N–H and O–H groups in total. The van der Waals surface area contributed by atoms with E-state index in [0.29, 0.717) is 30.0 Å². The summed E-state index contributed by atoms with van der Waals surface area (Å²) in [4.78, 5) is 40.7. The lowest BCUT2D eigenvalue weighted by Gasteiger charge is -2.30. The number of amides is 2. The highest BCUT2D eigenvalue weighted by atomic mass is 19.1. The van der Waals surface area contributed by atoms with Crippen LogP contribution >= 0.6 is 0 Å². The molecule has 3 rings (SSSR count). The maximum atomic E-state index is 15.4. The number of rotatable bonds is 6. The van der Waals surface area contributed by atoms with Crippen molar-refractivity contribution in [2.24, 2.45) is 5.92 Å². The number of ether oxygens (including phenoxy) is 2. The molecule has 0 bridgehead atoms. The summed E-state index contributed by atoms with van der Waals surface area (Å²) in [6.45, 7) is 11.6. The summed E-state index contributed by atoms with van der Waals surface area (Å²) in [6.07, 6.45) is 1.95. The van der Waals surface area contributed by atoms with Crippen molar-refractivity contribution in [1.82, 2.24) is 5.32 Å². The monoisotopic (exact) mass is 477 g/mol. The van der Waals surface area contributed by atoms with E-state index in [1.807, 2.05) is 32.6 Å². The van der Waals surface area contributed by atoms with Crippen LogP contribution in [0.5, 0.6) is 0 Å². The number of benzene rings is 1. The first-order valence-corrected chi connectivity index (χ1v) is 11.8. The van der Waals surface area contributed by atoms with Gasteiger partial charge in [0.05, 0.1) is 24.0 Å². The minimum absolute atomic E-state index is 0.00212. The lowest BCUT2D eigenvalue weighted by molar-refractivity contribution is -0.116. The molecular formula is C25H36FN3O5. The fourth-order valence-electron chi connectivity index (χ4n) is 4.66. The summed E-state index contributed by atoms with van der Waals surface area (Å²) < 4.78 is 25.6. The largest absolute Gasteiger partial charge is 0.465 e. The second-order valence-corrected chi connectivity index (χ2v) is 10.3. The molecule has 2 atom stereocenters. The lowest BCUT2D eigenvalue weighted by Crippen LogP contribution is -2.42. The Morgan fingerprint density at radius 3 is 2.41 bits per heavy atom. The molecule has 1 aromatic rings. The first-order chi connectivity index (χ1) is 15.8. The van der Waals surface area contributed by atoms with Gasteiger partial charge in [-0.05, 0) is 65.9 Å². The SMILES string of the molecule is COC(=O)c1cc(F)c(N2CCC([C@H](C)NC(=O)OC(C)(C)C)C2)c(C)c1N(C(C)=O)C1CC1. The van der Waals surface area contributed by atoms with Crippen LogP contribution in [0.2, 0.25) is 0 Å². The number of anilines is 2. The van der Waals surface area contributed by atoms with Crippen molar-refractivity contribution in [3.8, 4) is 0 Å². The zero-order chi connectivity index (χ0) is 25.4. The third-order valence-corrected chi connectivity index (χ3v) is 6.35. The summed E-state index contributed by atoms with van der Waals surface area (Å²) in [7, 11) is 1.24. The molecule has 2 amide bonds. The molecule has 1 saturated heterocycles. The predicted molar refractivity (Wildman–Crippen MR) is 128 cm³/mol. The Kier molecular flexibility index (Phi) is 7.43. The first kappa shape index (κ1) is 25.8. The average Bonchev–Trinajstić information content (AvgIpc) is 3.43. The third-order valence-electron chi connectivity index (χ3n) is 6.35. The van der Waals surface area contributed by atoms with Crippen molar-refractivity contribution < 1.29 is 28.2 Å². The van der Waals surface area contributed by atoms with E-state index in [1.165, 1.54) is 20.1 Å². The van der Waals surface area contributed by atoms with Crippen LogP contribution < -0.4 is 15.1 Å². The molecular weight excluding hydrogens is 441 g/mol. The number of halogens is 1. The van der Waals surface area contributed by atoms with E-state index in [-0.39, 0.29) is 29.5 Å². The summed E-state index contributed by atoms with van der Waals surface area (Å²) in [6, 6.07) is 1.01. The number of alkyl carbamates (subject to hydrolysis) is 1. The molecule has 0 radical (unpaired) electrons. The van der Waals surface area contributed by atoms with E-state index in [2.05, 4.69) is 5.32 Å². The van der Waals surface area contributed by atoms with Crippen LogP contribution in [0.3, 0.4) is 0 Å². The number of methoxy groups -OCH3 is 1. The van der Waals surface area contributed by atoms with Crippen LogP contribution in [0.15, 0.2) is 6.07 Å². The third kappa shape index (κ3) is 5.62. The van der Waals surface area contributed by atoms with Gasteiger partial charge in [-0.2, -0.15) is 0 Å². The minimum atomic E-state index is -0.676. The lowest BCUT2D eigenvalue weighted by atomic mass is 10.0. The fourth-order valence-corrected chi connectivity index (χ4v) is 4.66. The standard InChI is InChI=1S/C25H36FN3O5/c1-14-21(29(16(3)30)18-8-9-18)19(23(31)33-7)12-20(26)22(14)28-11-10-17(13-28)15(2)27-24(32)34-25(4,5)6/h12,15,17-18H,8-11,13H2,1-7H3,(H,27,32)/t15-,17?/m0/s1. The molecule has 34 heavy (non-hydrogen) atoms. The van der Waals surface area contributed by atoms with Crippen LogP contribution in [-0.2, 0) is 14.3 Å². The molecule has 1 saturated carbocycles. The number of hydrogen-bond donors (Lipinski definition) is 1. The van der Waals surface area contributed by atoms with Gasteiger partial charge in [0, 0.05) is 37.7 Å². The number of esters is 1. The summed E-state index contributed by atoms with van der Waals surface area (Å²) in [5.74, 6) is -1.32. The maximum Gasteiger partial charge on any atom is 0.407 e. The molecule has 1 unspecified atom stereocenters. The van der Waals surface area contributed by atoms with Gasteiger partial charge in [0.2, 0.25) is 5.91 Å². The van der Waals surface area contributed by atoms with Crippen LogP contribution in [0.1, 0.15) is 69.8 Å². The highest BCUT2D eigenvalue weighted by molar-refractivity contribution is 6.04. The summed E-state index contributed by atoms with van der Waals surface area (Å²) in [5.41, 5.74) is 0.798. The summed E-state index contributed by atoms with van der Waals surface area (Å²) in [5, 5.41) is 2.88. The Bertz CT molecular complexity index is 970. The van der Waals surface area contributed by atoms with E-state index in [4.69, 9.17) is 9.47 Å².